The number of nitrogens with one attached hydrogen (secondary N) is 2. The van der Waals surface area contributed by atoms with Gasteiger partial charge in [-0.3, -0.25) is 20.6 Å². The van der Waals surface area contributed by atoms with E-state index >= 15 is 0 Å². The zero-order valence-corrected chi connectivity index (χ0v) is 13.2. The van der Waals surface area contributed by atoms with Crippen LogP contribution in [0.15, 0.2) is 36.9 Å². The highest BCUT2D eigenvalue weighted by Gasteiger charge is 2.14. The Morgan fingerprint density at radius 3 is 2.79 bits per heavy atom. The van der Waals surface area contributed by atoms with Crippen LogP contribution in [0, 0.1) is 13.8 Å². The van der Waals surface area contributed by atoms with Crippen molar-refractivity contribution in [3.63, 3.8) is 0 Å². The third-order valence-corrected chi connectivity index (χ3v) is 3.29. The number of aromatic nitrogens is 5. The van der Waals surface area contributed by atoms with Gasteiger partial charge in [-0.15, -0.1) is 0 Å². The Kier molecular flexibility index (Phi) is 4.06. The lowest BCUT2D eigenvalue weighted by atomic mass is 10.3. The lowest BCUT2D eigenvalue weighted by molar-refractivity contribution is 0.0962. The summed E-state index contributed by atoms with van der Waals surface area (Å²) in [6.45, 7) is 3.78. The molecule has 0 atom stereocenters. The molecule has 122 valence electrons. The maximum absolute atomic E-state index is 12.0. The molecule has 9 nitrogen and oxygen atoms in total. The molecule has 0 unspecified atom stereocenters. The highest BCUT2D eigenvalue weighted by Crippen LogP contribution is 2.22. The number of hydrogen-bond donors (Lipinski definition) is 3. The molecule has 1 amide bonds. The van der Waals surface area contributed by atoms with Crippen LogP contribution in [0.4, 0.5) is 11.5 Å². The summed E-state index contributed by atoms with van der Waals surface area (Å²) in [6.07, 6.45) is 4.40. The molecule has 3 heterocycles. The first-order valence-electron chi connectivity index (χ1n) is 7.16. The number of carbonyl (C=O) groups excluding carboxylic acids is 1. The van der Waals surface area contributed by atoms with E-state index in [1.54, 1.807) is 23.0 Å². The van der Waals surface area contributed by atoms with Crippen LogP contribution in [0.5, 0.6) is 0 Å². The molecule has 3 aromatic rings. The van der Waals surface area contributed by atoms with E-state index in [4.69, 9.17) is 5.73 Å². The SMILES string of the molecule is Cc1cc(C)n(-c2ncnc(NNC(=O)c3cccnc3)c2N)n1. The van der Waals surface area contributed by atoms with Gasteiger partial charge < -0.3 is 5.73 Å². The average Bonchev–Trinajstić information content (AvgIpc) is 2.92. The molecule has 3 rings (SSSR count). The number of anilines is 2. The molecule has 0 saturated heterocycles. The number of rotatable bonds is 4. The minimum absolute atomic E-state index is 0.273. The first-order chi connectivity index (χ1) is 11.6. The minimum Gasteiger partial charge on any atom is -0.393 e. The van der Waals surface area contributed by atoms with Crippen LogP contribution in [0.2, 0.25) is 0 Å². The molecule has 0 spiro atoms. The van der Waals surface area contributed by atoms with Gasteiger partial charge in [0.05, 0.1) is 11.3 Å². The van der Waals surface area contributed by atoms with E-state index in [0.717, 1.165) is 11.4 Å². The summed E-state index contributed by atoms with van der Waals surface area (Å²) in [6, 6.07) is 5.24. The van der Waals surface area contributed by atoms with Crippen LogP contribution in [0.3, 0.4) is 0 Å². The largest absolute Gasteiger partial charge is 0.393 e. The fourth-order valence-corrected chi connectivity index (χ4v) is 2.18. The predicted octanol–water partition coefficient (Wildman–Crippen LogP) is 1.01. The first kappa shape index (κ1) is 15.4. The number of nitrogens with two attached hydrogens (primary N) is 1. The Hall–Kier alpha value is -3.49. The van der Waals surface area contributed by atoms with Gasteiger partial charge in [-0.1, -0.05) is 0 Å². The van der Waals surface area contributed by atoms with E-state index in [1.807, 2.05) is 19.9 Å². The fraction of sp³-hybridized carbons (Fsp3) is 0.133. The lowest BCUT2D eigenvalue weighted by Crippen LogP contribution is -2.30. The molecule has 0 bridgehead atoms. The van der Waals surface area contributed by atoms with Crippen molar-refractivity contribution in [2.75, 3.05) is 11.2 Å². The number of nitrogens with zero attached hydrogens (tertiary/aromatic N) is 5. The van der Waals surface area contributed by atoms with Gasteiger partial charge in [0, 0.05) is 18.1 Å². The molecule has 0 saturated carbocycles. The van der Waals surface area contributed by atoms with Gasteiger partial charge >= 0.3 is 0 Å². The fourth-order valence-electron chi connectivity index (χ4n) is 2.18. The van der Waals surface area contributed by atoms with Crippen LogP contribution in [-0.4, -0.2) is 30.6 Å². The van der Waals surface area contributed by atoms with Crippen molar-refractivity contribution in [2.45, 2.75) is 13.8 Å². The standard InChI is InChI=1S/C15H16N8O/c1-9-6-10(2)23(22-9)14-12(16)13(18-8-19-14)20-21-15(24)11-4-3-5-17-7-11/h3-8H,16H2,1-2H3,(H,21,24)(H,18,19,20). The van der Waals surface area contributed by atoms with Crippen LogP contribution >= 0.6 is 0 Å². The van der Waals surface area contributed by atoms with E-state index in [2.05, 4.69) is 30.9 Å². The number of amides is 1. The summed E-state index contributed by atoms with van der Waals surface area (Å²) in [7, 11) is 0. The summed E-state index contributed by atoms with van der Waals surface area (Å²) in [4.78, 5) is 24.1. The van der Waals surface area contributed by atoms with Crippen molar-refractivity contribution in [3.8, 4) is 5.82 Å². The molecule has 4 N–H and O–H groups in total. The van der Waals surface area contributed by atoms with Gasteiger partial charge in [0.25, 0.3) is 5.91 Å². The summed E-state index contributed by atoms with van der Waals surface area (Å²) in [5, 5.41) is 4.35. The highest BCUT2D eigenvalue weighted by atomic mass is 16.2. The van der Waals surface area contributed by atoms with Crippen molar-refractivity contribution >= 4 is 17.4 Å². The van der Waals surface area contributed by atoms with E-state index in [9.17, 15) is 4.79 Å². The van der Waals surface area contributed by atoms with E-state index in [0.29, 0.717) is 11.4 Å². The van der Waals surface area contributed by atoms with Crippen LogP contribution in [-0.2, 0) is 0 Å². The predicted molar refractivity (Wildman–Crippen MR) is 88.4 cm³/mol. The zero-order chi connectivity index (χ0) is 17.1. The monoisotopic (exact) mass is 324 g/mol. The number of nitrogen functional groups attached to an aromatic ring is 1. The summed E-state index contributed by atoms with van der Waals surface area (Å²) in [5.41, 5.74) is 13.8. The first-order valence-corrected chi connectivity index (χ1v) is 7.16. The van der Waals surface area contributed by atoms with E-state index in [1.165, 1.54) is 12.5 Å². The van der Waals surface area contributed by atoms with Crippen molar-refractivity contribution in [1.29, 1.82) is 0 Å². The molecule has 0 aliphatic rings. The summed E-state index contributed by atoms with van der Waals surface area (Å²) in [5.74, 6) is 0.368. The number of pyridine rings is 1. The van der Waals surface area contributed by atoms with Gasteiger partial charge in [-0.05, 0) is 32.0 Å². The maximum Gasteiger partial charge on any atom is 0.271 e. The lowest BCUT2D eigenvalue weighted by Gasteiger charge is -2.12. The average molecular weight is 324 g/mol. The number of carbonyl (C=O) groups is 1. The second-order valence-electron chi connectivity index (χ2n) is 5.12. The van der Waals surface area contributed by atoms with Gasteiger partial charge in [-0.25, -0.2) is 14.6 Å². The van der Waals surface area contributed by atoms with Gasteiger partial charge in [0.2, 0.25) is 0 Å². The molecular weight excluding hydrogens is 308 g/mol. The van der Waals surface area contributed by atoms with Gasteiger partial charge in [0.1, 0.15) is 12.0 Å². The van der Waals surface area contributed by atoms with Crippen LogP contribution < -0.4 is 16.6 Å². The molecular formula is C15H16N8O. The third kappa shape index (κ3) is 3.00. The molecule has 24 heavy (non-hydrogen) atoms. The van der Waals surface area contributed by atoms with Crippen molar-refractivity contribution in [2.24, 2.45) is 0 Å². The van der Waals surface area contributed by atoms with Crippen molar-refractivity contribution < 1.29 is 4.79 Å². The molecule has 0 aliphatic carbocycles. The molecule has 0 aromatic carbocycles. The Morgan fingerprint density at radius 1 is 1.29 bits per heavy atom. The Labute approximate surface area is 137 Å². The Morgan fingerprint density at radius 2 is 2.12 bits per heavy atom. The van der Waals surface area contributed by atoms with Gasteiger partial charge in [-0.2, -0.15) is 5.10 Å². The zero-order valence-electron chi connectivity index (χ0n) is 13.2. The van der Waals surface area contributed by atoms with Crippen LogP contribution in [0.1, 0.15) is 21.7 Å². The highest BCUT2D eigenvalue weighted by molar-refractivity contribution is 5.94. The molecule has 0 aliphatic heterocycles. The number of hydrogen-bond acceptors (Lipinski definition) is 7. The normalized spacial score (nSPS) is 10.4. The summed E-state index contributed by atoms with van der Waals surface area (Å²) < 4.78 is 1.63. The van der Waals surface area contributed by atoms with Crippen LogP contribution in [0.25, 0.3) is 5.82 Å². The molecule has 0 radical (unpaired) electrons. The quantitative estimate of drug-likeness (QED) is 0.612. The topological polar surface area (TPSA) is 124 Å². The second-order valence-corrected chi connectivity index (χ2v) is 5.12. The van der Waals surface area contributed by atoms with Crippen molar-refractivity contribution in [3.05, 3.63) is 53.9 Å². The smallest absolute Gasteiger partial charge is 0.271 e. The molecule has 0 fully saturated rings. The number of hydrazine groups is 1. The van der Waals surface area contributed by atoms with E-state index < -0.39 is 0 Å². The minimum atomic E-state index is -0.353. The Bertz CT molecular complexity index is 874. The molecule has 3 aromatic heterocycles. The molecule has 9 heteroatoms. The third-order valence-electron chi connectivity index (χ3n) is 3.29. The second kappa shape index (κ2) is 6.32. The van der Waals surface area contributed by atoms with Crippen molar-refractivity contribution in [1.82, 2.24) is 30.2 Å². The van der Waals surface area contributed by atoms with Gasteiger partial charge in [0.15, 0.2) is 11.6 Å². The van der Waals surface area contributed by atoms with E-state index in [-0.39, 0.29) is 17.4 Å². The Balaban J connectivity index is 1.81. The maximum atomic E-state index is 12.0. The summed E-state index contributed by atoms with van der Waals surface area (Å²) >= 11 is 0. The number of aryl methyl sites for hydroxylation is 2.